The quantitative estimate of drug-likeness (QED) is 0.648. The van der Waals surface area contributed by atoms with Gasteiger partial charge in [-0.2, -0.15) is 0 Å². The lowest BCUT2D eigenvalue weighted by Gasteiger charge is -2.37. The van der Waals surface area contributed by atoms with Crippen LogP contribution in [-0.4, -0.2) is 60.0 Å². The second-order valence-electron chi connectivity index (χ2n) is 6.00. The molecular weight excluding hydrogens is 348 g/mol. The zero-order valence-electron chi connectivity index (χ0n) is 12.5. The van der Waals surface area contributed by atoms with Gasteiger partial charge in [-0.15, -0.1) is 0 Å². The number of halogens is 1. The van der Waals surface area contributed by atoms with E-state index < -0.39 is 0 Å². The SMILES string of the molecule is O=[N+]([O-])c1cc(CN2CCN(C3CCNC3)CC2)ccc1Br. The van der Waals surface area contributed by atoms with Gasteiger partial charge in [-0.1, -0.05) is 6.07 Å². The number of piperazine rings is 1. The number of nitro groups is 1. The molecule has 0 amide bonds. The Morgan fingerprint density at radius 3 is 2.73 bits per heavy atom. The van der Waals surface area contributed by atoms with Crippen molar-refractivity contribution in [1.29, 1.82) is 0 Å². The van der Waals surface area contributed by atoms with Gasteiger partial charge in [0.2, 0.25) is 0 Å². The van der Waals surface area contributed by atoms with E-state index in [1.54, 1.807) is 12.1 Å². The first-order valence-electron chi connectivity index (χ1n) is 7.73. The number of nitro benzene ring substituents is 1. The van der Waals surface area contributed by atoms with Crippen molar-refractivity contribution in [2.45, 2.75) is 19.0 Å². The molecule has 0 bridgehead atoms. The third-order valence-corrected chi connectivity index (χ3v) is 5.24. The molecule has 2 fully saturated rings. The van der Waals surface area contributed by atoms with Gasteiger partial charge in [0.1, 0.15) is 0 Å². The lowest BCUT2D eigenvalue weighted by atomic mass is 10.1. The molecule has 1 aromatic carbocycles. The van der Waals surface area contributed by atoms with E-state index in [2.05, 4.69) is 31.0 Å². The molecule has 120 valence electrons. The number of hydrogen-bond donors (Lipinski definition) is 1. The summed E-state index contributed by atoms with van der Waals surface area (Å²) in [7, 11) is 0. The Labute approximate surface area is 138 Å². The lowest BCUT2D eigenvalue weighted by molar-refractivity contribution is -0.385. The van der Waals surface area contributed by atoms with Crippen LogP contribution in [0.5, 0.6) is 0 Å². The van der Waals surface area contributed by atoms with Crippen LogP contribution in [0.1, 0.15) is 12.0 Å². The maximum atomic E-state index is 11.0. The van der Waals surface area contributed by atoms with Crippen LogP contribution in [0.4, 0.5) is 5.69 Å². The highest BCUT2D eigenvalue weighted by Crippen LogP contribution is 2.26. The van der Waals surface area contributed by atoms with Crippen molar-refractivity contribution in [3.8, 4) is 0 Å². The molecule has 6 nitrogen and oxygen atoms in total. The van der Waals surface area contributed by atoms with E-state index in [4.69, 9.17) is 0 Å². The predicted octanol–water partition coefficient (Wildman–Crippen LogP) is 1.84. The lowest BCUT2D eigenvalue weighted by Crippen LogP contribution is -2.50. The summed E-state index contributed by atoms with van der Waals surface area (Å²) in [6.45, 7) is 7.26. The van der Waals surface area contributed by atoms with Crippen molar-refractivity contribution in [1.82, 2.24) is 15.1 Å². The standard InChI is InChI=1S/C15H21BrN4O2/c16-14-2-1-12(9-15(14)20(21)22)11-18-5-7-19(8-6-18)13-3-4-17-10-13/h1-2,9,13,17H,3-8,10-11H2. The van der Waals surface area contributed by atoms with Crippen LogP contribution in [0.15, 0.2) is 22.7 Å². The number of benzene rings is 1. The zero-order chi connectivity index (χ0) is 15.5. The molecule has 2 saturated heterocycles. The molecule has 2 aliphatic rings. The summed E-state index contributed by atoms with van der Waals surface area (Å²) in [5.74, 6) is 0. The molecule has 3 rings (SSSR count). The first kappa shape index (κ1) is 15.9. The molecule has 0 aliphatic carbocycles. The van der Waals surface area contributed by atoms with Crippen LogP contribution in [0.25, 0.3) is 0 Å². The summed E-state index contributed by atoms with van der Waals surface area (Å²) < 4.78 is 0.541. The minimum atomic E-state index is -0.335. The Kier molecular flexibility index (Phi) is 5.07. The van der Waals surface area contributed by atoms with E-state index >= 15 is 0 Å². The van der Waals surface area contributed by atoms with Crippen molar-refractivity contribution < 1.29 is 4.92 Å². The van der Waals surface area contributed by atoms with Crippen molar-refractivity contribution in [2.24, 2.45) is 0 Å². The summed E-state index contributed by atoms with van der Waals surface area (Å²) in [5, 5.41) is 14.4. The van der Waals surface area contributed by atoms with Gasteiger partial charge in [0.05, 0.1) is 9.40 Å². The topological polar surface area (TPSA) is 61.7 Å². The first-order valence-corrected chi connectivity index (χ1v) is 8.53. The van der Waals surface area contributed by atoms with Crippen LogP contribution in [0.3, 0.4) is 0 Å². The van der Waals surface area contributed by atoms with Crippen LogP contribution >= 0.6 is 15.9 Å². The van der Waals surface area contributed by atoms with Gasteiger partial charge in [0, 0.05) is 51.4 Å². The molecule has 7 heteroatoms. The van der Waals surface area contributed by atoms with Crippen LogP contribution in [-0.2, 0) is 6.54 Å². The highest BCUT2D eigenvalue weighted by atomic mass is 79.9. The molecule has 1 N–H and O–H groups in total. The van der Waals surface area contributed by atoms with Gasteiger partial charge in [0.25, 0.3) is 5.69 Å². The Bertz CT molecular complexity index is 540. The van der Waals surface area contributed by atoms with E-state index in [9.17, 15) is 10.1 Å². The highest BCUT2D eigenvalue weighted by molar-refractivity contribution is 9.10. The number of nitrogens with zero attached hydrogens (tertiary/aromatic N) is 3. The third kappa shape index (κ3) is 3.65. The predicted molar refractivity (Wildman–Crippen MR) is 88.9 cm³/mol. The van der Waals surface area contributed by atoms with Gasteiger partial charge in [-0.25, -0.2) is 0 Å². The second-order valence-corrected chi connectivity index (χ2v) is 6.86. The number of hydrogen-bond acceptors (Lipinski definition) is 5. The van der Waals surface area contributed by atoms with E-state index in [1.165, 1.54) is 6.42 Å². The van der Waals surface area contributed by atoms with Gasteiger partial charge in [-0.3, -0.25) is 19.9 Å². The molecule has 0 aromatic heterocycles. The smallest absolute Gasteiger partial charge is 0.283 e. The maximum absolute atomic E-state index is 11.0. The molecule has 0 radical (unpaired) electrons. The average molecular weight is 369 g/mol. The molecule has 1 atom stereocenters. The number of rotatable bonds is 4. The van der Waals surface area contributed by atoms with Crippen LogP contribution < -0.4 is 5.32 Å². The highest BCUT2D eigenvalue weighted by Gasteiger charge is 2.26. The minimum Gasteiger partial charge on any atom is -0.315 e. The number of nitrogens with one attached hydrogen (secondary N) is 1. The molecule has 2 aliphatic heterocycles. The molecule has 22 heavy (non-hydrogen) atoms. The van der Waals surface area contributed by atoms with Crippen molar-refractivity contribution >= 4 is 21.6 Å². The van der Waals surface area contributed by atoms with Crippen molar-refractivity contribution in [2.75, 3.05) is 39.3 Å². The van der Waals surface area contributed by atoms with E-state index in [0.29, 0.717) is 10.5 Å². The molecular formula is C15H21BrN4O2. The fraction of sp³-hybridized carbons (Fsp3) is 0.600. The summed E-state index contributed by atoms with van der Waals surface area (Å²) in [4.78, 5) is 15.6. The van der Waals surface area contributed by atoms with E-state index in [1.807, 2.05) is 6.07 Å². The fourth-order valence-corrected chi connectivity index (χ4v) is 3.68. The molecule has 1 unspecified atom stereocenters. The first-order chi connectivity index (χ1) is 10.6. The third-order valence-electron chi connectivity index (χ3n) is 4.57. The summed E-state index contributed by atoms with van der Waals surface area (Å²) in [6, 6.07) is 6.10. The van der Waals surface area contributed by atoms with E-state index in [0.717, 1.165) is 51.4 Å². The summed E-state index contributed by atoms with van der Waals surface area (Å²) in [6.07, 6.45) is 1.25. The molecule has 0 saturated carbocycles. The Morgan fingerprint density at radius 1 is 1.32 bits per heavy atom. The Morgan fingerprint density at radius 2 is 2.09 bits per heavy atom. The Hall–Kier alpha value is -1.02. The minimum absolute atomic E-state index is 0.146. The average Bonchev–Trinajstić information content (AvgIpc) is 3.04. The molecule has 0 spiro atoms. The monoisotopic (exact) mass is 368 g/mol. The maximum Gasteiger partial charge on any atom is 0.283 e. The zero-order valence-corrected chi connectivity index (χ0v) is 14.1. The summed E-state index contributed by atoms with van der Waals surface area (Å²) in [5.41, 5.74) is 1.15. The van der Waals surface area contributed by atoms with E-state index in [-0.39, 0.29) is 10.6 Å². The van der Waals surface area contributed by atoms with Gasteiger partial charge >= 0.3 is 0 Å². The summed E-state index contributed by atoms with van der Waals surface area (Å²) >= 11 is 3.23. The molecule has 2 heterocycles. The van der Waals surface area contributed by atoms with Gasteiger partial charge in [-0.05, 0) is 40.5 Å². The largest absolute Gasteiger partial charge is 0.315 e. The Balaban J connectivity index is 1.56. The molecule has 1 aromatic rings. The van der Waals surface area contributed by atoms with Crippen molar-refractivity contribution in [3.63, 3.8) is 0 Å². The fourth-order valence-electron chi connectivity index (χ4n) is 3.29. The second kappa shape index (κ2) is 7.04. The van der Waals surface area contributed by atoms with Crippen LogP contribution in [0.2, 0.25) is 0 Å². The van der Waals surface area contributed by atoms with Gasteiger partial charge < -0.3 is 5.32 Å². The van der Waals surface area contributed by atoms with Crippen molar-refractivity contribution in [3.05, 3.63) is 38.3 Å². The van der Waals surface area contributed by atoms with Gasteiger partial charge in [0.15, 0.2) is 0 Å². The normalized spacial score (nSPS) is 23.8. The van der Waals surface area contributed by atoms with Crippen LogP contribution in [0, 0.1) is 10.1 Å².